The molecule has 2 aliphatic rings. The summed E-state index contributed by atoms with van der Waals surface area (Å²) in [6.07, 6.45) is -2.09. The zero-order chi connectivity index (χ0) is 29.8. The van der Waals surface area contributed by atoms with Crippen LogP contribution in [0.4, 0.5) is 23.4 Å². The van der Waals surface area contributed by atoms with E-state index in [1.807, 2.05) is 30.4 Å². The van der Waals surface area contributed by atoms with Gasteiger partial charge in [-0.1, -0.05) is 13.0 Å². The minimum Gasteiger partial charge on any atom is -0.476 e. The van der Waals surface area contributed by atoms with Gasteiger partial charge in [0.05, 0.1) is 10.5 Å². The van der Waals surface area contributed by atoms with E-state index < -0.39 is 50.4 Å². The van der Waals surface area contributed by atoms with Gasteiger partial charge in [-0.3, -0.25) is 4.79 Å². The number of halogens is 4. The summed E-state index contributed by atoms with van der Waals surface area (Å²) in [5, 5.41) is 4.21. The van der Waals surface area contributed by atoms with E-state index in [2.05, 4.69) is 10.1 Å². The molecule has 5 rings (SSSR count). The van der Waals surface area contributed by atoms with Crippen molar-refractivity contribution in [3.8, 4) is 11.7 Å². The van der Waals surface area contributed by atoms with Crippen molar-refractivity contribution in [3.63, 3.8) is 0 Å². The number of carbonyl (C=O) groups excluding carboxylic acids is 1. The van der Waals surface area contributed by atoms with E-state index in [9.17, 15) is 30.8 Å². The Morgan fingerprint density at radius 3 is 2.48 bits per heavy atom. The highest BCUT2D eigenvalue weighted by atomic mass is 32.2. The van der Waals surface area contributed by atoms with Crippen LogP contribution in [0.1, 0.15) is 50.4 Å². The molecule has 0 spiro atoms. The van der Waals surface area contributed by atoms with Crippen molar-refractivity contribution in [2.45, 2.75) is 56.6 Å². The van der Waals surface area contributed by atoms with Gasteiger partial charge in [-0.2, -0.15) is 26.7 Å². The number of benzene rings is 1. The lowest BCUT2D eigenvalue weighted by atomic mass is 9.97. The van der Waals surface area contributed by atoms with E-state index in [0.29, 0.717) is 6.54 Å². The second kappa shape index (κ2) is 11.1. The second-order valence-electron chi connectivity index (χ2n) is 11.3. The summed E-state index contributed by atoms with van der Waals surface area (Å²) >= 11 is 0. The van der Waals surface area contributed by atoms with Crippen molar-refractivity contribution in [1.82, 2.24) is 19.5 Å². The summed E-state index contributed by atoms with van der Waals surface area (Å²) in [4.78, 5) is 19.5. The zero-order valence-corrected chi connectivity index (χ0v) is 24.9. The number of amides is 1. The standard InChI is InChI=1S/C27H29F4N5O4S.H2S/c1-17-14-25(2,3)35(15-17)23-20(24(37)34-41(38,39)19-6-4-5-18(28)13-19)7-8-21(32-23)36-12-9-22(33-36)40-16-26(10-11-26)27(29,30)31;/h4-9,12-13,17H,10-11,14-16H2,1-3H3,(H,34,37);1H2/t17-;/m0./s1. The monoisotopic (exact) mass is 629 g/mol. The molecule has 3 heterocycles. The third-order valence-electron chi connectivity index (χ3n) is 7.52. The fourth-order valence-electron chi connectivity index (χ4n) is 5.16. The summed E-state index contributed by atoms with van der Waals surface area (Å²) in [6.45, 7) is 6.00. The maximum absolute atomic E-state index is 13.7. The molecule has 0 unspecified atom stereocenters. The van der Waals surface area contributed by atoms with Gasteiger partial charge in [-0.05, 0) is 69.4 Å². The van der Waals surface area contributed by atoms with Gasteiger partial charge in [0.15, 0.2) is 5.82 Å². The van der Waals surface area contributed by atoms with Crippen LogP contribution in [0.5, 0.6) is 5.88 Å². The van der Waals surface area contributed by atoms with Crippen LogP contribution in [0.25, 0.3) is 5.82 Å². The molecule has 3 aromatic rings. The number of rotatable bonds is 8. The third-order valence-corrected chi connectivity index (χ3v) is 8.85. The van der Waals surface area contributed by atoms with E-state index in [1.165, 1.54) is 41.2 Å². The molecule has 228 valence electrons. The van der Waals surface area contributed by atoms with E-state index in [1.54, 1.807) is 0 Å². The highest BCUT2D eigenvalue weighted by Gasteiger charge is 2.64. The minimum absolute atomic E-state index is 0. The molecule has 1 N–H and O–H groups in total. The Labute approximate surface area is 247 Å². The predicted molar refractivity (Wildman–Crippen MR) is 151 cm³/mol. The Kier molecular flexibility index (Phi) is 8.32. The number of nitrogens with one attached hydrogen (secondary N) is 1. The summed E-state index contributed by atoms with van der Waals surface area (Å²) < 4.78 is 87.8. The number of nitrogens with zero attached hydrogens (tertiary/aromatic N) is 4. The van der Waals surface area contributed by atoms with Crippen molar-refractivity contribution >= 4 is 35.2 Å². The average molecular weight is 630 g/mol. The molecule has 1 saturated heterocycles. The molecule has 0 radical (unpaired) electrons. The number of carbonyl (C=O) groups is 1. The Hall–Kier alpha value is -3.33. The molecule has 1 aromatic carbocycles. The van der Waals surface area contributed by atoms with Crippen LogP contribution in [-0.2, 0) is 10.0 Å². The number of anilines is 1. The highest BCUT2D eigenvalue weighted by Crippen LogP contribution is 2.57. The largest absolute Gasteiger partial charge is 0.476 e. The van der Waals surface area contributed by atoms with Gasteiger partial charge in [0.25, 0.3) is 15.9 Å². The molecule has 2 aromatic heterocycles. The van der Waals surface area contributed by atoms with Crippen LogP contribution < -0.4 is 14.4 Å². The number of aromatic nitrogens is 3. The first-order valence-corrected chi connectivity index (χ1v) is 14.5. The minimum atomic E-state index is -4.39. The maximum atomic E-state index is 13.7. The molecular formula is C27H31F4N5O4S2. The number of pyridine rings is 1. The fraction of sp³-hybridized carbons (Fsp3) is 0.444. The Bertz CT molecular complexity index is 1590. The predicted octanol–water partition coefficient (Wildman–Crippen LogP) is 4.98. The lowest BCUT2D eigenvalue weighted by molar-refractivity contribution is -0.194. The SMILES string of the molecule is C[C@@H]1CN(c2nc(-n3ccc(OCC4(C(F)(F)F)CC4)n3)ccc2C(=O)NS(=O)(=O)c2cccc(F)c2)C(C)(C)C1.S. The molecule has 1 atom stereocenters. The summed E-state index contributed by atoms with van der Waals surface area (Å²) in [7, 11) is -4.39. The number of hydrogen-bond acceptors (Lipinski definition) is 7. The molecule has 42 heavy (non-hydrogen) atoms. The van der Waals surface area contributed by atoms with Gasteiger partial charge in [-0.25, -0.2) is 27.2 Å². The topological polar surface area (TPSA) is 106 Å². The molecule has 1 amide bonds. The lowest BCUT2D eigenvalue weighted by Gasteiger charge is -2.34. The Balaban J connectivity index is 0.00000405. The fourth-order valence-corrected chi connectivity index (χ4v) is 6.16. The number of hydrogen-bond donors (Lipinski definition) is 1. The van der Waals surface area contributed by atoms with Gasteiger partial charge in [-0.15, -0.1) is 5.10 Å². The summed E-state index contributed by atoms with van der Waals surface area (Å²) in [5.74, 6) is -1.04. The van der Waals surface area contributed by atoms with E-state index in [4.69, 9.17) is 4.74 Å². The van der Waals surface area contributed by atoms with Crippen LogP contribution in [0, 0.1) is 17.2 Å². The van der Waals surface area contributed by atoms with E-state index in [0.717, 1.165) is 18.6 Å². The lowest BCUT2D eigenvalue weighted by Crippen LogP contribution is -2.41. The molecule has 1 saturated carbocycles. The molecule has 15 heteroatoms. The van der Waals surface area contributed by atoms with E-state index in [-0.39, 0.29) is 55.3 Å². The maximum Gasteiger partial charge on any atom is 0.397 e. The summed E-state index contributed by atoms with van der Waals surface area (Å²) in [5.41, 5.74) is -2.31. The number of sulfonamides is 1. The van der Waals surface area contributed by atoms with Gasteiger partial charge in [0.2, 0.25) is 5.88 Å². The van der Waals surface area contributed by atoms with Crippen LogP contribution in [0.3, 0.4) is 0 Å². The van der Waals surface area contributed by atoms with Gasteiger partial charge >= 0.3 is 6.18 Å². The van der Waals surface area contributed by atoms with Crippen molar-refractivity contribution in [2.75, 3.05) is 18.1 Å². The zero-order valence-electron chi connectivity index (χ0n) is 23.1. The Morgan fingerprint density at radius 2 is 1.88 bits per heavy atom. The van der Waals surface area contributed by atoms with Gasteiger partial charge < -0.3 is 9.64 Å². The first-order chi connectivity index (χ1) is 19.1. The van der Waals surface area contributed by atoms with Crippen LogP contribution in [0.2, 0.25) is 0 Å². The van der Waals surface area contributed by atoms with Crippen LogP contribution >= 0.6 is 13.5 Å². The molecule has 1 aliphatic heterocycles. The van der Waals surface area contributed by atoms with Crippen LogP contribution in [0.15, 0.2) is 53.6 Å². The Morgan fingerprint density at radius 1 is 1.17 bits per heavy atom. The first-order valence-electron chi connectivity index (χ1n) is 13.0. The average Bonchev–Trinajstić information content (AvgIpc) is 3.45. The second-order valence-corrected chi connectivity index (χ2v) is 13.0. The smallest absolute Gasteiger partial charge is 0.397 e. The molecule has 2 fully saturated rings. The molecule has 1 aliphatic carbocycles. The first kappa shape index (κ1) is 31.6. The highest BCUT2D eigenvalue weighted by molar-refractivity contribution is 7.90. The van der Waals surface area contributed by atoms with Crippen molar-refractivity contribution in [2.24, 2.45) is 11.3 Å². The normalized spacial score (nSPS) is 19.2. The van der Waals surface area contributed by atoms with Gasteiger partial charge in [0.1, 0.15) is 23.7 Å². The molecular weight excluding hydrogens is 598 g/mol. The van der Waals surface area contributed by atoms with Crippen molar-refractivity contribution < 1.29 is 35.5 Å². The number of alkyl halides is 3. The molecule has 0 bridgehead atoms. The number of ether oxygens (including phenoxy) is 1. The van der Waals surface area contributed by atoms with Crippen molar-refractivity contribution in [3.05, 3.63) is 60.0 Å². The van der Waals surface area contributed by atoms with Crippen LogP contribution in [-0.4, -0.2) is 54.0 Å². The van der Waals surface area contributed by atoms with E-state index >= 15 is 0 Å². The molecule has 9 nitrogen and oxygen atoms in total. The third kappa shape index (κ3) is 6.21. The quantitative estimate of drug-likeness (QED) is 0.350. The summed E-state index contributed by atoms with van der Waals surface area (Å²) in [6, 6.07) is 8.54. The van der Waals surface area contributed by atoms with Gasteiger partial charge in [0, 0.05) is 24.3 Å². The van der Waals surface area contributed by atoms with Crippen molar-refractivity contribution in [1.29, 1.82) is 0 Å².